The van der Waals surface area contributed by atoms with Crippen LogP contribution in [-0.2, 0) is 19.3 Å². The van der Waals surface area contributed by atoms with E-state index < -0.39 is 15.5 Å². The molecule has 0 aromatic carbocycles. The molecule has 9 heteroatoms. The molecular weight excluding hydrogens is 528 g/mol. The van der Waals surface area contributed by atoms with Gasteiger partial charge in [-0.15, -0.1) is 4.33 Å². The van der Waals surface area contributed by atoms with Crippen molar-refractivity contribution < 1.29 is 28.0 Å². The molecule has 5 fully saturated rings. The fourth-order valence-corrected chi connectivity index (χ4v) is 11.8. The van der Waals surface area contributed by atoms with Gasteiger partial charge >= 0.3 is 0 Å². The first-order valence-corrected chi connectivity index (χ1v) is 16.9. The van der Waals surface area contributed by atoms with Crippen molar-refractivity contribution in [2.45, 2.75) is 91.9 Å². The Balaban J connectivity index is 1.47. The largest absolute Gasteiger partial charge is 0.411 e. The van der Waals surface area contributed by atoms with Gasteiger partial charge < -0.3 is 10.3 Å². The number of hydrogen-bond acceptors (Lipinski definition) is 8. The van der Waals surface area contributed by atoms with Gasteiger partial charge in [0.2, 0.25) is 0 Å². The van der Waals surface area contributed by atoms with Crippen LogP contribution in [0.1, 0.15) is 91.9 Å². The van der Waals surface area contributed by atoms with Gasteiger partial charge in [-0.2, -0.15) is 13.7 Å². The van der Waals surface area contributed by atoms with Crippen LogP contribution >= 0.6 is 0 Å². The Morgan fingerprint density at radius 1 is 1.05 bits per heavy atom. The highest BCUT2D eigenvalue weighted by Gasteiger charge is 2.71. The van der Waals surface area contributed by atoms with Gasteiger partial charge in [-0.3, -0.25) is 0 Å². The zero-order valence-corrected chi connectivity index (χ0v) is 25.7. The number of nitriles is 1. The minimum atomic E-state index is -3.72. The lowest BCUT2D eigenvalue weighted by Gasteiger charge is -2.72. The van der Waals surface area contributed by atoms with Crippen molar-refractivity contribution in [3.8, 4) is 6.07 Å². The van der Waals surface area contributed by atoms with E-state index in [1.165, 1.54) is 0 Å². The van der Waals surface area contributed by atoms with Gasteiger partial charge in [-0.1, -0.05) is 39.4 Å². The van der Waals surface area contributed by atoms with Crippen LogP contribution in [0.15, 0.2) is 17.3 Å². The first-order valence-electron chi connectivity index (χ1n) is 15.1. The van der Waals surface area contributed by atoms with E-state index in [9.17, 15) is 24.0 Å². The van der Waals surface area contributed by atoms with E-state index in [1.54, 1.807) is 0 Å². The molecule has 0 spiro atoms. The van der Waals surface area contributed by atoms with Crippen LogP contribution in [0.2, 0.25) is 0 Å². The van der Waals surface area contributed by atoms with Crippen molar-refractivity contribution >= 4 is 15.8 Å². The summed E-state index contributed by atoms with van der Waals surface area (Å²) in [6.45, 7) is 13.8. The summed E-state index contributed by atoms with van der Waals surface area (Å²) >= 11 is 0. The number of rotatable bonds is 6. The molecule has 0 unspecified atom stereocenters. The number of aliphatic hydroxyl groups excluding tert-OH is 1. The molecule has 224 valence electrons. The van der Waals surface area contributed by atoms with Crippen LogP contribution in [0, 0.1) is 68.0 Å². The van der Waals surface area contributed by atoms with E-state index in [-0.39, 0.29) is 52.6 Å². The summed E-state index contributed by atoms with van der Waals surface area (Å²) < 4.78 is 27.4. The normalized spacial score (nSPS) is 49.3. The minimum absolute atomic E-state index is 0.00233. The van der Waals surface area contributed by atoms with Crippen LogP contribution in [0.3, 0.4) is 0 Å². The average Bonchev–Trinajstić information content (AvgIpc) is 3.28. The summed E-state index contributed by atoms with van der Waals surface area (Å²) in [7, 11) is -3.72. The molecule has 0 aromatic heterocycles. The van der Waals surface area contributed by atoms with Crippen LogP contribution in [0.4, 0.5) is 0 Å². The Kier molecular flexibility index (Phi) is 7.34. The molecule has 0 heterocycles. The monoisotopic (exact) mass is 576 g/mol. The SMILES string of the molecule is C=C(COOS(C)(=O)=O)[C@@H]1CC[C@]2(C#N)CC[C@]3(C)[C@H](CC[C@@H]4[C@@]5(C)CC/C(=N\O)[C@@](C)(CO)[C@@H]5CC[C@]43C)[C@@H]12. The second kappa shape index (κ2) is 9.79. The second-order valence-corrected chi connectivity index (χ2v) is 16.5. The summed E-state index contributed by atoms with van der Waals surface area (Å²) in [6, 6.07) is 2.79. The first-order chi connectivity index (χ1) is 18.7. The van der Waals surface area contributed by atoms with E-state index in [0.29, 0.717) is 18.3 Å². The summed E-state index contributed by atoms with van der Waals surface area (Å²) in [5.41, 5.74) is 0.830. The van der Waals surface area contributed by atoms with E-state index in [2.05, 4.69) is 49.8 Å². The Bertz CT molecular complexity index is 1230. The van der Waals surface area contributed by atoms with Gasteiger partial charge in [-0.05, 0) is 116 Å². The van der Waals surface area contributed by atoms with Crippen molar-refractivity contribution in [3.63, 3.8) is 0 Å². The van der Waals surface area contributed by atoms with E-state index in [0.717, 1.165) is 75.3 Å². The van der Waals surface area contributed by atoms with Crippen LogP contribution in [-0.4, -0.2) is 43.9 Å². The number of nitrogens with zero attached hydrogens (tertiary/aromatic N) is 2. The second-order valence-electron chi connectivity index (χ2n) is 14.9. The summed E-state index contributed by atoms with van der Waals surface area (Å²) in [4.78, 5) is 5.09. The third-order valence-corrected chi connectivity index (χ3v) is 14.0. The Morgan fingerprint density at radius 2 is 1.77 bits per heavy atom. The fraction of sp³-hybridized carbons (Fsp3) is 0.871. The van der Waals surface area contributed by atoms with E-state index in [1.807, 2.05) is 0 Å². The minimum Gasteiger partial charge on any atom is -0.411 e. The quantitative estimate of drug-likeness (QED) is 0.175. The molecule has 5 rings (SSSR count). The number of hydrogen-bond donors (Lipinski definition) is 2. The lowest BCUT2D eigenvalue weighted by atomic mass is 9.32. The predicted molar refractivity (Wildman–Crippen MR) is 151 cm³/mol. The molecule has 8 nitrogen and oxygen atoms in total. The van der Waals surface area contributed by atoms with Crippen molar-refractivity contribution in [3.05, 3.63) is 12.2 Å². The third-order valence-electron chi connectivity index (χ3n) is 13.6. The van der Waals surface area contributed by atoms with E-state index >= 15 is 0 Å². The topological polar surface area (TPSA) is 129 Å². The molecule has 5 aliphatic rings. The number of fused-ring (bicyclic) bond motifs is 7. The molecule has 5 saturated carbocycles. The van der Waals surface area contributed by atoms with Gasteiger partial charge in [0.05, 0.1) is 30.1 Å². The van der Waals surface area contributed by atoms with Crippen molar-refractivity contribution in [1.82, 2.24) is 0 Å². The zero-order valence-electron chi connectivity index (χ0n) is 24.9. The standard InChI is InChI=1S/C31H48N2O6S/c1-20(17-38-39-40(6,36)37)21-9-14-31(18-32)16-15-29(4)22(26(21)31)7-8-24-27(2)12-11-25(33-35)28(3,19-34)23(27)10-13-30(24,29)5/h21-24,26,34-35H,1,7-17,19H2,2-6H3/b33-25+/t21-,22+,23+,24+,26+,27-,28-,29+,30+,31+/m0/s1. The van der Waals surface area contributed by atoms with Gasteiger partial charge in [0.15, 0.2) is 0 Å². The predicted octanol–water partition coefficient (Wildman–Crippen LogP) is 5.86. The number of aliphatic hydroxyl groups is 1. The molecule has 0 aromatic rings. The molecule has 40 heavy (non-hydrogen) atoms. The highest BCUT2D eigenvalue weighted by molar-refractivity contribution is 7.85. The third kappa shape index (κ3) is 4.06. The average molecular weight is 577 g/mol. The molecule has 0 amide bonds. The van der Waals surface area contributed by atoms with Gasteiger partial charge in [0.1, 0.15) is 6.61 Å². The maximum atomic E-state index is 11.4. The Morgan fingerprint density at radius 3 is 2.40 bits per heavy atom. The highest BCUT2D eigenvalue weighted by Crippen LogP contribution is 2.77. The zero-order chi connectivity index (χ0) is 29.4. The molecule has 0 radical (unpaired) electrons. The Labute approximate surface area is 240 Å². The smallest absolute Gasteiger partial charge is 0.290 e. The first kappa shape index (κ1) is 30.0. The van der Waals surface area contributed by atoms with Crippen LogP contribution in [0.25, 0.3) is 0 Å². The van der Waals surface area contributed by atoms with E-state index in [4.69, 9.17) is 4.89 Å². The Hall–Kier alpha value is -1.47. The summed E-state index contributed by atoms with van der Waals surface area (Å²) in [6.07, 6.45) is 10.4. The van der Waals surface area contributed by atoms with Crippen LogP contribution in [0.5, 0.6) is 0 Å². The van der Waals surface area contributed by atoms with Crippen molar-refractivity contribution in [2.24, 2.45) is 61.8 Å². The number of oxime groups is 1. The van der Waals surface area contributed by atoms with Crippen LogP contribution < -0.4 is 0 Å². The lowest BCUT2D eigenvalue weighted by Crippen LogP contribution is -2.66. The van der Waals surface area contributed by atoms with Gasteiger partial charge in [-0.25, -0.2) is 4.89 Å². The molecule has 5 aliphatic carbocycles. The molecule has 0 aliphatic heterocycles. The maximum Gasteiger partial charge on any atom is 0.290 e. The fourth-order valence-electron chi connectivity index (χ4n) is 11.5. The molecular formula is C31H48N2O6S. The van der Waals surface area contributed by atoms with Crippen molar-refractivity contribution in [2.75, 3.05) is 19.5 Å². The maximum absolute atomic E-state index is 11.4. The molecule has 10 atom stereocenters. The van der Waals surface area contributed by atoms with Crippen molar-refractivity contribution in [1.29, 1.82) is 5.26 Å². The van der Waals surface area contributed by atoms with Gasteiger partial charge in [0.25, 0.3) is 10.1 Å². The summed E-state index contributed by atoms with van der Waals surface area (Å²) in [5, 5.41) is 34.6. The highest BCUT2D eigenvalue weighted by atomic mass is 32.2. The summed E-state index contributed by atoms with van der Waals surface area (Å²) in [5.74, 6) is 1.36. The molecule has 2 N–H and O–H groups in total. The molecule has 0 bridgehead atoms. The lowest BCUT2D eigenvalue weighted by molar-refractivity contribution is -0.227. The molecule has 0 saturated heterocycles. The van der Waals surface area contributed by atoms with Gasteiger partial charge in [0, 0.05) is 5.41 Å².